The molecule has 0 heterocycles. The quantitative estimate of drug-likeness (QED) is 0.314. The predicted octanol–water partition coefficient (Wildman–Crippen LogP) is 4.13. The van der Waals surface area contributed by atoms with E-state index in [0.717, 1.165) is 29.3 Å². The van der Waals surface area contributed by atoms with E-state index >= 15 is 0 Å². The van der Waals surface area contributed by atoms with Gasteiger partial charge in [0.15, 0.2) is 0 Å². The zero-order valence-electron chi connectivity index (χ0n) is 20.9. The number of sulfonamides is 1. The number of nitrogens with one attached hydrogen (secondary N) is 3. The van der Waals surface area contributed by atoms with Gasteiger partial charge in [-0.2, -0.15) is 0 Å². The van der Waals surface area contributed by atoms with Gasteiger partial charge in [0.25, 0.3) is 0 Å². The van der Waals surface area contributed by atoms with Crippen molar-refractivity contribution in [2.45, 2.75) is 63.8 Å². The fourth-order valence-electron chi connectivity index (χ4n) is 3.54. The van der Waals surface area contributed by atoms with Crippen LogP contribution in [0.25, 0.3) is 0 Å². The van der Waals surface area contributed by atoms with Crippen LogP contribution in [0.2, 0.25) is 5.02 Å². The Labute approximate surface area is 218 Å². The summed E-state index contributed by atoms with van der Waals surface area (Å²) in [6.45, 7) is 6.45. The van der Waals surface area contributed by atoms with Crippen LogP contribution in [-0.4, -0.2) is 39.4 Å². The van der Waals surface area contributed by atoms with E-state index in [9.17, 15) is 22.4 Å². The molecule has 2 rings (SSSR count). The van der Waals surface area contributed by atoms with Gasteiger partial charge in [-0.1, -0.05) is 55.3 Å². The molecule has 0 aromatic heterocycles. The molecule has 0 aliphatic carbocycles. The summed E-state index contributed by atoms with van der Waals surface area (Å²) in [5.41, 5.74) is 2.23. The zero-order valence-corrected chi connectivity index (χ0v) is 22.5. The van der Waals surface area contributed by atoms with E-state index in [4.69, 9.17) is 11.6 Å². The molecule has 198 valence electrons. The normalized spacial score (nSPS) is 12.4. The second kappa shape index (κ2) is 14.3. The molecule has 0 aliphatic rings. The van der Waals surface area contributed by atoms with Crippen molar-refractivity contribution < 1.29 is 22.4 Å². The molecule has 0 saturated carbocycles. The monoisotopic (exact) mass is 539 g/mol. The van der Waals surface area contributed by atoms with Gasteiger partial charge >= 0.3 is 0 Å². The molecular formula is C26H35ClFN3O4S. The summed E-state index contributed by atoms with van der Waals surface area (Å²) in [5.74, 6) is -0.838. The molecule has 2 aromatic carbocycles. The van der Waals surface area contributed by atoms with Gasteiger partial charge in [0.1, 0.15) is 16.8 Å². The summed E-state index contributed by atoms with van der Waals surface area (Å²) in [6.07, 6.45) is 2.40. The zero-order chi connectivity index (χ0) is 26.7. The average Bonchev–Trinajstić information content (AvgIpc) is 2.79. The topological polar surface area (TPSA) is 104 Å². The lowest BCUT2D eigenvalue weighted by Crippen LogP contribution is -2.47. The van der Waals surface area contributed by atoms with Gasteiger partial charge in [0.05, 0.1) is 5.02 Å². The Morgan fingerprint density at radius 3 is 2.33 bits per heavy atom. The number of halogens is 2. The van der Waals surface area contributed by atoms with E-state index in [2.05, 4.69) is 15.4 Å². The van der Waals surface area contributed by atoms with Crippen molar-refractivity contribution in [3.8, 4) is 0 Å². The first-order valence-corrected chi connectivity index (χ1v) is 13.9. The molecule has 7 nitrogen and oxygen atoms in total. The third kappa shape index (κ3) is 10.2. The third-order valence-electron chi connectivity index (χ3n) is 5.50. The van der Waals surface area contributed by atoms with Gasteiger partial charge in [-0.25, -0.2) is 17.5 Å². The smallest absolute Gasteiger partial charge is 0.242 e. The molecule has 0 bridgehead atoms. The number of aryl methyl sites for hydroxylation is 2. The van der Waals surface area contributed by atoms with Crippen LogP contribution in [-0.2, 0) is 26.0 Å². The van der Waals surface area contributed by atoms with Crippen LogP contribution in [0.15, 0.2) is 47.4 Å². The van der Waals surface area contributed by atoms with Gasteiger partial charge in [0, 0.05) is 19.5 Å². The maximum atomic E-state index is 13.2. The maximum Gasteiger partial charge on any atom is 0.242 e. The van der Waals surface area contributed by atoms with Crippen LogP contribution in [0, 0.1) is 18.7 Å². The first-order valence-electron chi connectivity index (χ1n) is 12.0. The summed E-state index contributed by atoms with van der Waals surface area (Å²) in [4.78, 5) is 25.0. The van der Waals surface area contributed by atoms with Gasteiger partial charge in [0.2, 0.25) is 21.8 Å². The average molecular weight is 540 g/mol. The van der Waals surface area contributed by atoms with Crippen LogP contribution in [0.4, 0.5) is 4.39 Å². The van der Waals surface area contributed by atoms with Crippen LogP contribution in [0.1, 0.15) is 50.7 Å². The lowest BCUT2D eigenvalue weighted by Gasteiger charge is -2.20. The molecule has 2 aromatic rings. The summed E-state index contributed by atoms with van der Waals surface area (Å²) < 4.78 is 40.2. The molecular weight excluding hydrogens is 505 g/mol. The van der Waals surface area contributed by atoms with Crippen LogP contribution >= 0.6 is 11.6 Å². The van der Waals surface area contributed by atoms with E-state index in [1.54, 1.807) is 0 Å². The highest BCUT2D eigenvalue weighted by molar-refractivity contribution is 7.89. The molecule has 10 heteroatoms. The third-order valence-corrected chi connectivity index (χ3v) is 7.44. The molecule has 0 spiro atoms. The summed E-state index contributed by atoms with van der Waals surface area (Å²) in [6, 6.07) is 10.5. The number of benzene rings is 2. The second-order valence-corrected chi connectivity index (χ2v) is 11.3. The molecule has 0 unspecified atom stereocenters. The molecule has 0 aliphatic heterocycles. The minimum atomic E-state index is -3.86. The Kier molecular flexibility index (Phi) is 11.8. The van der Waals surface area contributed by atoms with Crippen LogP contribution < -0.4 is 15.4 Å². The highest BCUT2D eigenvalue weighted by Gasteiger charge is 2.22. The van der Waals surface area contributed by atoms with Crippen molar-refractivity contribution >= 4 is 33.4 Å². The lowest BCUT2D eigenvalue weighted by atomic mass is 10.0. The molecule has 0 radical (unpaired) electrons. The number of carbonyl (C=O) groups is 2. The fraction of sp³-hybridized carbons (Fsp3) is 0.462. The summed E-state index contributed by atoms with van der Waals surface area (Å²) >= 11 is 5.83. The molecule has 1 atom stereocenters. The molecule has 3 N–H and O–H groups in total. The second-order valence-electron chi connectivity index (χ2n) is 9.21. The Morgan fingerprint density at radius 2 is 1.69 bits per heavy atom. The minimum Gasteiger partial charge on any atom is -0.354 e. The van der Waals surface area contributed by atoms with Gasteiger partial charge in [-0.15, -0.1) is 0 Å². The van der Waals surface area contributed by atoms with Crippen LogP contribution in [0.5, 0.6) is 0 Å². The standard InChI is InChI=1S/C26H35ClFN3O4S/c1-18(2)16-23(31-25(32)13-10-20-8-6-19(3)7-9-20)26(33)29-14-4-5-15-30-36(34,35)24-12-11-21(28)17-22(24)27/h6-9,11-12,17-18,23,30H,4-5,10,13-16H2,1-3H3,(H,29,33)(H,31,32)/t23-/m0/s1. The number of hydrogen-bond donors (Lipinski definition) is 3. The van der Waals surface area contributed by atoms with Gasteiger partial charge < -0.3 is 10.6 Å². The first-order chi connectivity index (χ1) is 17.0. The Balaban J connectivity index is 1.75. The van der Waals surface area contributed by atoms with E-state index in [-0.39, 0.29) is 34.2 Å². The van der Waals surface area contributed by atoms with Crippen molar-refractivity contribution in [1.29, 1.82) is 0 Å². The van der Waals surface area contributed by atoms with Crippen LogP contribution in [0.3, 0.4) is 0 Å². The molecule has 2 amide bonds. The first kappa shape index (κ1) is 29.7. The SMILES string of the molecule is Cc1ccc(CCC(=O)N[C@@H](CC(C)C)C(=O)NCCCCNS(=O)(=O)c2ccc(F)cc2Cl)cc1. The van der Waals surface area contributed by atoms with Crippen molar-refractivity contribution in [2.24, 2.45) is 5.92 Å². The van der Waals surface area contributed by atoms with E-state index in [1.807, 2.05) is 45.0 Å². The van der Waals surface area contributed by atoms with Crippen molar-refractivity contribution in [1.82, 2.24) is 15.4 Å². The van der Waals surface area contributed by atoms with Crippen molar-refractivity contribution in [3.05, 3.63) is 64.4 Å². The largest absolute Gasteiger partial charge is 0.354 e. The number of unbranched alkanes of at least 4 members (excludes halogenated alkanes) is 1. The fourth-order valence-corrected chi connectivity index (χ4v) is 5.15. The Bertz CT molecular complexity index is 1120. The number of rotatable bonds is 14. The lowest BCUT2D eigenvalue weighted by molar-refractivity contribution is -0.129. The predicted molar refractivity (Wildman–Crippen MR) is 140 cm³/mol. The number of carbonyl (C=O) groups excluding carboxylic acids is 2. The van der Waals surface area contributed by atoms with Crippen molar-refractivity contribution in [2.75, 3.05) is 13.1 Å². The highest BCUT2D eigenvalue weighted by Crippen LogP contribution is 2.21. The molecule has 0 fully saturated rings. The molecule has 36 heavy (non-hydrogen) atoms. The maximum absolute atomic E-state index is 13.2. The van der Waals surface area contributed by atoms with E-state index in [0.29, 0.717) is 38.6 Å². The minimum absolute atomic E-state index is 0.136. The Hall–Kier alpha value is -2.49. The van der Waals surface area contributed by atoms with Crippen molar-refractivity contribution in [3.63, 3.8) is 0 Å². The van der Waals surface area contributed by atoms with Gasteiger partial charge in [-0.05, 0) is 62.3 Å². The Morgan fingerprint density at radius 1 is 1.03 bits per heavy atom. The molecule has 0 saturated heterocycles. The van der Waals surface area contributed by atoms with E-state index < -0.39 is 21.9 Å². The highest BCUT2D eigenvalue weighted by atomic mass is 35.5. The van der Waals surface area contributed by atoms with Gasteiger partial charge in [-0.3, -0.25) is 9.59 Å². The number of amides is 2. The summed E-state index contributed by atoms with van der Waals surface area (Å²) in [7, 11) is -3.86. The summed E-state index contributed by atoms with van der Waals surface area (Å²) in [5, 5.41) is 5.48. The van der Waals surface area contributed by atoms with E-state index in [1.165, 1.54) is 0 Å². The number of hydrogen-bond acceptors (Lipinski definition) is 4.